The van der Waals surface area contributed by atoms with Crippen molar-refractivity contribution in [2.45, 2.75) is 0 Å². The first-order valence-electron chi connectivity index (χ1n) is 11.3. The molecule has 0 bridgehead atoms. The Morgan fingerprint density at radius 3 is 2.36 bits per heavy atom. The Balaban J connectivity index is 1.28. The minimum absolute atomic E-state index is 0.0101. The second-order valence-electron chi connectivity index (χ2n) is 7.92. The van der Waals surface area contributed by atoms with Crippen molar-refractivity contribution < 1.29 is 18.3 Å². The van der Waals surface area contributed by atoms with Gasteiger partial charge in [-0.1, -0.05) is 18.2 Å². The van der Waals surface area contributed by atoms with Gasteiger partial charge < -0.3 is 14.8 Å². The van der Waals surface area contributed by atoms with Crippen LogP contribution >= 0.6 is 0 Å². The third-order valence-electron chi connectivity index (χ3n) is 5.54. The number of rotatable bonds is 8. The predicted octanol–water partition coefficient (Wildman–Crippen LogP) is 6.14. The van der Waals surface area contributed by atoms with E-state index in [1.54, 1.807) is 12.4 Å². The normalized spacial score (nSPS) is 10.9. The summed E-state index contributed by atoms with van der Waals surface area (Å²) in [6, 6.07) is 20.7. The number of halogens is 2. The highest BCUT2D eigenvalue weighted by atomic mass is 19.1. The van der Waals surface area contributed by atoms with E-state index in [1.165, 1.54) is 6.07 Å². The van der Waals surface area contributed by atoms with Gasteiger partial charge in [0.15, 0.2) is 17.4 Å². The van der Waals surface area contributed by atoms with Crippen molar-refractivity contribution in [2.75, 3.05) is 25.6 Å². The fourth-order valence-electron chi connectivity index (χ4n) is 3.77. The molecule has 2 aromatic heterocycles. The molecule has 3 aromatic carbocycles. The number of fused-ring (bicyclic) bond motifs is 1. The molecule has 0 aliphatic carbocycles. The highest BCUT2D eigenvalue weighted by Crippen LogP contribution is 2.30. The van der Waals surface area contributed by atoms with Crippen LogP contribution in [0.2, 0.25) is 0 Å². The number of ether oxygens (including phenoxy) is 2. The molecule has 0 aliphatic heterocycles. The Morgan fingerprint density at radius 2 is 1.61 bits per heavy atom. The summed E-state index contributed by atoms with van der Waals surface area (Å²) in [5.74, 6) is 0.604. The average Bonchev–Trinajstić information content (AvgIpc) is 2.92. The molecule has 0 unspecified atom stereocenters. The summed E-state index contributed by atoms with van der Waals surface area (Å²) < 4.78 is 37.6. The van der Waals surface area contributed by atoms with Gasteiger partial charge in [-0.15, -0.1) is 0 Å². The van der Waals surface area contributed by atoms with E-state index >= 15 is 0 Å². The zero-order chi connectivity index (χ0) is 24.9. The van der Waals surface area contributed by atoms with Crippen LogP contribution in [0.5, 0.6) is 11.5 Å². The second kappa shape index (κ2) is 10.4. The Hall–Kier alpha value is -4.59. The molecule has 36 heavy (non-hydrogen) atoms. The van der Waals surface area contributed by atoms with Gasteiger partial charge >= 0.3 is 0 Å². The van der Waals surface area contributed by atoms with Gasteiger partial charge in [-0.2, -0.15) is 0 Å². The van der Waals surface area contributed by atoms with E-state index in [-0.39, 0.29) is 19.0 Å². The zero-order valence-electron chi connectivity index (χ0n) is 19.4. The lowest BCUT2D eigenvalue weighted by Gasteiger charge is -2.11. The van der Waals surface area contributed by atoms with Crippen LogP contribution < -0.4 is 14.8 Å². The maximum absolute atomic E-state index is 13.6. The van der Waals surface area contributed by atoms with Gasteiger partial charge in [0.05, 0.1) is 5.52 Å². The van der Waals surface area contributed by atoms with Crippen LogP contribution in [0.1, 0.15) is 0 Å². The lowest BCUT2D eigenvalue weighted by Crippen LogP contribution is -2.09. The van der Waals surface area contributed by atoms with Crippen LogP contribution in [0.25, 0.3) is 33.4 Å². The Morgan fingerprint density at radius 1 is 0.806 bits per heavy atom. The van der Waals surface area contributed by atoms with Gasteiger partial charge in [0.2, 0.25) is 0 Å². The maximum Gasteiger partial charge on any atom is 0.167 e. The first-order chi connectivity index (χ1) is 17.6. The summed E-state index contributed by atoms with van der Waals surface area (Å²) in [6.45, 7) is 0.344. The van der Waals surface area contributed by atoms with E-state index in [0.717, 1.165) is 45.5 Å². The number of pyridine rings is 1. The number of anilines is 1. The van der Waals surface area contributed by atoms with Crippen LogP contribution in [-0.4, -0.2) is 35.2 Å². The van der Waals surface area contributed by atoms with Crippen LogP contribution in [0.15, 0.2) is 85.2 Å². The zero-order valence-corrected chi connectivity index (χ0v) is 19.4. The van der Waals surface area contributed by atoms with E-state index in [1.807, 2.05) is 55.6 Å². The quantitative estimate of drug-likeness (QED) is 0.267. The maximum atomic E-state index is 13.6. The summed E-state index contributed by atoms with van der Waals surface area (Å²) in [7, 11) is 1.84. The standard InChI is InChI=1S/C28H22F2N4O2/c1-31-28-23-15-19(6-10-25(23)33-27(34-28)20-3-2-12-32-17-20)18-4-8-22(9-5-18)35-13-14-36-26-11-7-21(29)16-24(26)30/h2-12,15-17H,13-14H2,1H3,(H,31,33,34). The number of hydrogen-bond acceptors (Lipinski definition) is 6. The van der Waals surface area contributed by atoms with Crippen molar-refractivity contribution in [2.24, 2.45) is 0 Å². The molecule has 0 radical (unpaired) electrons. The fourth-order valence-corrected chi connectivity index (χ4v) is 3.77. The van der Waals surface area contributed by atoms with Gasteiger partial charge in [0.25, 0.3) is 0 Å². The lowest BCUT2D eigenvalue weighted by atomic mass is 10.0. The van der Waals surface area contributed by atoms with Crippen molar-refractivity contribution in [3.63, 3.8) is 0 Å². The third-order valence-corrected chi connectivity index (χ3v) is 5.54. The Kier molecular flexibility index (Phi) is 6.66. The van der Waals surface area contributed by atoms with E-state index in [9.17, 15) is 8.78 Å². The molecule has 0 aliphatic rings. The largest absolute Gasteiger partial charge is 0.490 e. The smallest absolute Gasteiger partial charge is 0.167 e. The predicted molar refractivity (Wildman–Crippen MR) is 135 cm³/mol. The molecule has 8 heteroatoms. The van der Waals surface area contributed by atoms with Gasteiger partial charge in [-0.3, -0.25) is 4.98 Å². The molecule has 5 rings (SSSR count). The van der Waals surface area contributed by atoms with E-state index in [4.69, 9.17) is 14.5 Å². The molecule has 0 saturated heterocycles. The van der Waals surface area contributed by atoms with Gasteiger partial charge in [0, 0.05) is 36.5 Å². The average molecular weight is 485 g/mol. The highest BCUT2D eigenvalue weighted by Gasteiger charge is 2.11. The van der Waals surface area contributed by atoms with Crippen LogP contribution in [0.4, 0.5) is 14.6 Å². The van der Waals surface area contributed by atoms with Crippen molar-refractivity contribution >= 4 is 16.7 Å². The first kappa shape index (κ1) is 23.2. The molecule has 0 spiro atoms. The Labute approximate surface area is 206 Å². The van der Waals surface area contributed by atoms with Crippen LogP contribution in [-0.2, 0) is 0 Å². The number of hydrogen-bond donors (Lipinski definition) is 1. The monoisotopic (exact) mass is 484 g/mol. The number of nitrogens with zero attached hydrogens (tertiary/aromatic N) is 3. The summed E-state index contributed by atoms with van der Waals surface area (Å²) >= 11 is 0. The molecule has 2 heterocycles. The van der Waals surface area contributed by atoms with Crippen molar-refractivity contribution in [1.82, 2.24) is 15.0 Å². The molecule has 5 aromatic rings. The van der Waals surface area contributed by atoms with Crippen molar-refractivity contribution in [3.05, 3.63) is 96.8 Å². The number of aromatic nitrogens is 3. The summed E-state index contributed by atoms with van der Waals surface area (Å²) in [5.41, 5.74) is 3.70. The molecular weight excluding hydrogens is 462 g/mol. The van der Waals surface area contributed by atoms with E-state index < -0.39 is 11.6 Å². The van der Waals surface area contributed by atoms with E-state index in [2.05, 4.69) is 21.4 Å². The van der Waals surface area contributed by atoms with Gasteiger partial charge in [-0.05, 0) is 59.7 Å². The summed E-state index contributed by atoms with van der Waals surface area (Å²) in [5, 5.41) is 4.08. The second-order valence-corrected chi connectivity index (χ2v) is 7.92. The number of benzene rings is 3. The van der Waals surface area contributed by atoms with Crippen molar-refractivity contribution in [1.29, 1.82) is 0 Å². The molecule has 0 atom stereocenters. The minimum Gasteiger partial charge on any atom is -0.490 e. The van der Waals surface area contributed by atoms with Crippen LogP contribution in [0.3, 0.4) is 0 Å². The van der Waals surface area contributed by atoms with Gasteiger partial charge in [0.1, 0.15) is 30.6 Å². The minimum atomic E-state index is -0.741. The Bertz CT molecular complexity index is 1500. The lowest BCUT2D eigenvalue weighted by molar-refractivity contribution is 0.211. The summed E-state index contributed by atoms with van der Waals surface area (Å²) in [4.78, 5) is 13.5. The van der Waals surface area contributed by atoms with Gasteiger partial charge in [-0.25, -0.2) is 18.7 Å². The summed E-state index contributed by atoms with van der Waals surface area (Å²) in [6.07, 6.45) is 3.46. The fraction of sp³-hybridized carbons (Fsp3) is 0.107. The SMILES string of the molecule is CNc1nc(-c2cccnc2)nc2ccc(-c3ccc(OCCOc4ccc(F)cc4F)cc3)cc12. The third kappa shape index (κ3) is 5.07. The highest BCUT2D eigenvalue weighted by molar-refractivity contribution is 5.93. The molecule has 0 saturated carbocycles. The molecular formula is C28H22F2N4O2. The van der Waals surface area contributed by atoms with E-state index in [0.29, 0.717) is 11.6 Å². The number of nitrogens with one attached hydrogen (secondary N) is 1. The molecule has 6 nitrogen and oxygen atoms in total. The molecule has 0 amide bonds. The molecule has 1 N–H and O–H groups in total. The van der Waals surface area contributed by atoms with Crippen molar-refractivity contribution in [3.8, 4) is 34.0 Å². The molecule has 180 valence electrons. The first-order valence-corrected chi connectivity index (χ1v) is 11.3. The van der Waals surface area contributed by atoms with Crippen LogP contribution in [0, 0.1) is 11.6 Å². The molecule has 0 fully saturated rings. The topological polar surface area (TPSA) is 69.2 Å².